The van der Waals surface area contributed by atoms with Crippen molar-refractivity contribution in [2.24, 2.45) is 0 Å². The van der Waals surface area contributed by atoms with Gasteiger partial charge < -0.3 is 4.74 Å². The number of allylic oxidation sites excluding steroid dienone is 1. The molecule has 0 heterocycles. The highest BCUT2D eigenvalue weighted by molar-refractivity contribution is 6.03. The van der Waals surface area contributed by atoms with Crippen molar-refractivity contribution >= 4 is 5.78 Å². The molecule has 0 rings (SSSR count). The molecule has 0 aromatic heterocycles. The van der Waals surface area contributed by atoms with Crippen molar-refractivity contribution < 1.29 is 9.53 Å². The summed E-state index contributed by atoms with van der Waals surface area (Å²) in [5, 5.41) is 0. The van der Waals surface area contributed by atoms with Crippen LogP contribution in [0.15, 0.2) is 12.3 Å². The maximum absolute atomic E-state index is 10.2. The van der Waals surface area contributed by atoms with Crippen LogP contribution in [0.25, 0.3) is 0 Å². The van der Waals surface area contributed by atoms with Gasteiger partial charge in [0.05, 0.1) is 13.4 Å². The van der Waals surface area contributed by atoms with Gasteiger partial charge >= 0.3 is 0 Å². The number of ether oxygens (including phenoxy) is 1. The van der Waals surface area contributed by atoms with E-state index >= 15 is 0 Å². The van der Waals surface area contributed by atoms with E-state index in [0.29, 0.717) is 0 Å². The molecule has 42 valence electrons. The summed E-state index contributed by atoms with van der Waals surface area (Å²) in [6, 6.07) is 0. The highest BCUT2D eigenvalue weighted by Crippen LogP contribution is 1.73. The first-order chi connectivity index (χ1) is 3.81. The van der Waals surface area contributed by atoms with Gasteiger partial charge in [0.25, 0.3) is 0 Å². The molecule has 0 saturated carbocycles. The summed E-state index contributed by atoms with van der Waals surface area (Å²) in [5.74, 6) is 1.51. The molecule has 2 nitrogen and oxygen atoms in total. The van der Waals surface area contributed by atoms with Crippen molar-refractivity contribution in [1.29, 1.82) is 0 Å². The largest absolute Gasteiger partial charge is 0.504 e. The van der Waals surface area contributed by atoms with Crippen molar-refractivity contribution in [2.45, 2.75) is 0 Å². The van der Waals surface area contributed by atoms with Gasteiger partial charge in [0.15, 0.2) is 0 Å². The first kappa shape index (κ1) is 6.77. The Hall–Kier alpha value is -1.23. The minimum atomic E-state index is -0.383. The van der Waals surface area contributed by atoms with Crippen LogP contribution in [0.4, 0.5) is 0 Å². The number of ketones is 1. The molecule has 0 aromatic carbocycles. The summed E-state index contributed by atoms with van der Waals surface area (Å²) in [6.07, 6.45) is 7.13. The average molecular weight is 110 g/mol. The van der Waals surface area contributed by atoms with E-state index in [0.717, 1.165) is 0 Å². The molecule has 0 aromatic rings. The Kier molecular flexibility index (Phi) is 3.34. The van der Waals surface area contributed by atoms with E-state index in [9.17, 15) is 4.79 Å². The molecule has 0 aliphatic carbocycles. The zero-order valence-corrected chi connectivity index (χ0v) is 4.55. The Labute approximate surface area is 48.1 Å². The Balaban J connectivity index is 3.58. The summed E-state index contributed by atoms with van der Waals surface area (Å²) in [6.45, 7) is 0. The molecule has 0 bridgehead atoms. The number of terminal acetylenes is 1. The molecule has 2 heteroatoms. The first-order valence-electron chi connectivity index (χ1n) is 2.01. The van der Waals surface area contributed by atoms with Crippen LogP contribution < -0.4 is 0 Å². The van der Waals surface area contributed by atoms with Crippen molar-refractivity contribution in [2.75, 3.05) is 7.11 Å². The highest BCUT2D eigenvalue weighted by Gasteiger charge is 1.81. The molecule has 0 saturated heterocycles. The lowest BCUT2D eigenvalue weighted by Crippen LogP contribution is -1.83. The SMILES string of the molecule is C#CC(=O)/C=C/OC. The maximum atomic E-state index is 10.2. The third kappa shape index (κ3) is 2.98. The monoisotopic (exact) mass is 110 g/mol. The molecule has 0 N–H and O–H groups in total. The third-order valence-corrected chi connectivity index (χ3v) is 0.498. The van der Waals surface area contributed by atoms with Gasteiger partial charge in [-0.1, -0.05) is 0 Å². The van der Waals surface area contributed by atoms with Gasteiger partial charge in [0, 0.05) is 6.08 Å². The number of carbonyl (C=O) groups is 1. The zero-order chi connectivity index (χ0) is 6.41. The number of methoxy groups -OCH3 is 1. The minimum Gasteiger partial charge on any atom is -0.504 e. The highest BCUT2D eigenvalue weighted by atomic mass is 16.5. The van der Waals surface area contributed by atoms with E-state index < -0.39 is 0 Å². The lowest BCUT2D eigenvalue weighted by Gasteiger charge is -1.80. The topological polar surface area (TPSA) is 26.3 Å². The fourth-order valence-electron chi connectivity index (χ4n) is 0.178. The van der Waals surface area contributed by atoms with Gasteiger partial charge in [0.1, 0.15) is 0 Å². The molecule has 0 unspecified atom stereocenters. The second-order valence-corrected chi connectivity index (χ2v) is 1.05. The first-order valence-corrected chi connectivity index (χ1v) is 2.01. The fraction of sp³-hybridized carbons (Fsp3) is 0.167. The Bertz CT molecular complexity index is 139. The van der Waals surface area contributed by atoms with Crippen LogP contribution >= 0.6 is 0 Å². The number of carbonyl (C=O) groups excluding carboxylic acids is 1. The molecular weight excluding hydrogens is 104 g/mol. The van der Waals surface area contributed by atoms with Crippen molar-refractivity contribution in [1.82, 2.24) is 0 Å². The summed E-state index contributed by atoms with van der Waals surface area (Å²) in [4.78, 5) is 10.2. The quantitative estimate of drug-likeness (QED) is 0.222. The standard InChI is InChI=1S/C6H6O2/c1-3-6(7)4-5-8-2/h1,4-5H,2H3/b5-4+. The molecule has 0 radical (unpaired) electrons. The molecule has 0 spiro atoms. The summed E-state index contributed by atoms with van der Waals surface area (Å²) in [7, 11) is 1.44. The van der Waals surface area contributed by atoms with E-state index in [1.165, 1.54) is 19.4 Å². The summed E-state index contributed by atoms with van der Waals surface area (Å²) < 4.78 is 4.42. The van der Waals surface area contributed by atoms with Crippen molar-refractivity contribution in [3.05, 3.63) is 12.3 Å². The van der Waals surface area contributed by atoms with Crippen molar-refractivity contribution in [3.63, 3.8) is 0 Å². The molecule has 0 aliphatic heterocycles. The van der Waals surface area contributed by atoms with E-state index in [4.69, 9.17) is 6.42 Å². The molecule has 0 amide bonds. The zero-order valence-electron chi connectivity index (χ0n) is 4.55. The van der Waals surface area contributed by atoms with E-state index in [1.807, 2.05) is 5.92 Å². The smallest absolute Gasteiger partial charge is 0.231 e. The second kappa shape index (κ2) is 3.94. The van der Waals surface area contributed by atoms with Crippen LogP contribution in [0.3, 0.4) is 0 Å². The third-order valence-electron chi connectivity index (χ3n) is 0.498. The van der Waals surface area contributed by atoms with Crippen molar-refractivity contribution in [3.8, 4) is 12.3 Å². The van der Waals surface area contributed by atoms with Crippen LogP contribution in [-0.2, 0) is 9.53 Å². The van der Waals surface area contributed by atoms with Crippen LogP contribution in [0.5, 0.6) is 0 Å². The van der Waals surface area contributed by atoms with Gasteiger partial charge in [-0.25, -0.2) is 0 Å². The minimum absolute atomic E-state index is 0.383. The van der Waals surface area contributed by atoms with Crippen LogP contribution in [0.1, 0.15) is 0 Å². The van der Waals surface area contributed by atoms with E-state index in [2.05, 4.69) is 4.74 Å². The normalized spacial score (nSPS) is 8.50. The van der Waals surface area contributed by atoms with Gasteiger partial charge in [-0.05, 0) is 5.92 Å². The number of rotatable bonds is 2. The summed E-state index contributed by atoms with van der Waals surface area (Å²) >= 11 is 0. The molecule has 0 atom stereocenters. The lowest BCUT2D eigenvalue weighted by atomic mass is 10.4. The lowest BCUT2D eigenvalue weighted by molar-refractivity contribution is -0.109. The molecule has 0 fully saturated rings. The molecule has 0 aliphatic rings. The van der Waals surface area contributed by atoms with Crippen LogP contribution in [-0.4, -0.2) is 12.9 Å². The van der Waals surface area contributed by atoms with Gasteiger partial charge in [-0.15, -0.1) is 6.42 Å². The number of hydrogen-bond donors (Lipinski definition) is 0. The van der Waals surface area contributed by atoms with Crippen LogP contribution in [0, 0.1) is 12.3 Å². The number of hydrogen-bond acceptors (Lipinski definition) is 2. The predicted molar refractivity (Wildman–Crippen MR) is 30.0 cm³/mol. The predicted octanol–water partition coefficient (Wildman–Crippen LogP) is 0.349. The van der Waals surface area contributed by atoms with E-state index in [1.54, 1.807) is 0 Å². The van der Waals surface area contributed by atoms with Gasteiger partial charge in [0.2, 0.25) is 5.78 Å². The summed E-state index contributed by atoms with van der Waals surface area (Å²) in [5.41, 5.74) is 0. The maximum Gasteiger partial charge on any atom is 0.231 e. The fourth-order valence-corrected chi connectivity index (χ4v) is 0.178. The average Bonchev–Trinajstić information content (AvgIpc) is 1.83. The van der Waals surface area contributed by atoms with Gasteiger partial charge in [-0.2, -0.15) is 0 Å². The molecular formula is C6H6O2. The van der Waals surface area contributed by atoms with Gasteiger partial charge in [-0.3, -0.25) is 4.79 Å². The molecule has 8 heavy (non-hydrogen) atoms. The Morgan fingerprint density at radius 1 is 1.88 bits per heavy atom. The second-order valence-electron chi connectivity index (χ2n) is 1.05. The Morgan fingerprint density at radius 2 is 2.50 bits per heavy atom. The van der Waals surface area contributed by atoms with Crippen LogP contribution in [0.2, 0.25) is 0 Å². The Morgan fingerprint density at radius 3 is 2.88 bits per heavy atom. The van der Waals surface area contributed by atoms with E-state index in [-0.39, 0.29) is 5.78 Å².